The number of piperidine rings is 1. The van der Waals surface area contributed by atoms with Gasteiger partial charge in [0.05, 0.1) is 17.1 Å². The molecule has 2 aromatic carbocycles. The Morgan fingerprint density at radius 3 is 2.81 bits per heavy atom. The van der Waals surface area contributed by atoms with Crippen LogP contribution in [0.3, 0.4) is 0 Å². The van der Waals surface area contributed by atoms with Crippen LogP contribution in [0.5, 0.6) is 11.5 Å². The molecule has 6 aliphatic rings. The Balaban J connectivity index is 1.22. The highest BCUT2D eigenvalue weighted by atomic mass is 16.6. The predicted octanol–water partition coefficient (Wildman–Crippen LogP) is 4.24. The third-order valence-corrected chi connectivity index (χ3v) is 9.25. The van der Waals surface area contributed by atoms with E-state index < -0.39 is 0 Å². The summed E-state index contributed by atoms with van der Waals surface area (Å²) >= 11 is 0. The van der Waals surface area contributed by atoms with E-state index in [1.807, 2.05) is 6.07 Å². The molecule has 8 rings (SSSR count). The Morgan fingerprint density at radius 1 is 1.03 bits per heavy atom. The summed E-state index contributed by atoms with van der Waals surface area (Å²) in [7, 11) is 0. The average molecular weight is 416 g/mol. The van der Waals surface area contributed by atoms with Gasteiger partial charge < -0.3 is 14.2 Å². The third-order valence-electron chi connectivity index (χ3n) is 9.25. The zero-order valence-corrected chi connectivity index (χ0v) is 17.9. The second-order valence-corrected chi connectivity index (χ2v) is 10.7. The van der Waals surface area contributed by atoms with Crippen molar-refractivity contribution < 1.29 is 14.2 Å². The third kappa shape index (κ3) is 2.09. The zero-order chi connectivity index (χ0) is 20.2. The Labute approximate surface area is 183 Å². The number of benzene rings is 2. The Bertz CT molecular complexity index is 1070. The molecule has 3 saturated heterocycles. The normalized spacial score (nSPS) is 38.8. The van der Waals surface area contributed by atoms with Crippen molar-refractivity contribution in [3.8, 4) is 11.5 Å². The Hall–Kier alpha value is -2.04. The molecule has 2 aromatic rings. The fourth-order valence-corrected chi connectivity index (χ4v) is 7.88. The van der Waals surface area contributed by atoms with Gasteiger partial charge in [-0.2, -0.15) is 0 Å². The molecule has 2 spiro atoms. The van der Waals surface area contributed by atoms with Crippen molar-refractivity contribution >= 4 is 0 Å². The molecule has 0 radical (unpaired) electrons. The highest BCUT2D eigenvalue weighted by molar-refractivity contribution is 5.64. The molecule has 160 valence electrons. The molecule has 4 heterocycles. The molecule has 0 amide bonds. The van der Waals surface area contributed by atoms with Gasteiger partial charge in [-0.05, 0) is 68.2 Å². The molecule has 4 nitrogen and oxygen atoms in total. The lowest BCUT2D eigenvalue weighted by molar-refractivity contribution is -0.122. The number of ether oxygens (including phenoxy) is 3. The van der Waals surface area contributed by atoms with Crippen molar-refractivity contribution in [3.05, 3.63) is 59.2 Å². The van der Waals surface area contributed by atoms with Gasteiger partial charge in [0.1, 0.15) is 12.7 Å². The minimum absolute atomic E-state index is 0.0374. The van der Waals surface area contributed by atoms with Gasteiger partial charge in [-0.25, -0.2) is 0 Å². The maximum Gasteiger partial charge on any atom is 0.166 e. The molecule has 31 heavy (non-hydrogen) atoms. The summed E-state index contributed by atoms with van der Waals surface area (Å²) < 4.78 is 20.1. The molecular weight excluding hydrogens is 386 g/mol. The molecule has 5 atom stereocenters. The number of likely N-dealkylation sites (tertiary alicyclic amines) is 1. The Morgan fingerprint density at radius 2 is 1.94 bits per heavy atom. The number of rotatable bonds is 5. The monoisotopic (exact) mass is 415 g/mol. The van der Waals surface area contributed by atoms with Gasteiger partial charge in [0.2, 0.25) is 0 Å². The maximum absolute atomic E-state index is 6.93. The second kappa shape index (κ2) is 5.85. The predicted molar refractivity (Wildman–Crippen MR) is 117 cm³/mol. The summed E-state index contributed by atoms with van der Waals surface area (Å²) in [6, 6.07) is 15.4. The smallest absolute Gasteiger partial charge is 0.166 e. The standard InChI is InChI=1S/C27H29NO3/c1-2-4-18(5-3-1)16-29-20-9-8-19-14-22-27-11-10-21(31-27)25-26(27,23(19)24(20)30-25)12-13-28(22)15-17-6-7-17/h1-5,8-9,17,21-22,25H,6-7,10-16H2/t21-,22+,25-,26-,27+/m0/s1. The number of fused-ring (bicyclic) bond motifs is 2. The summed E-state index contributed by atoms with van der Waals surface area (Å²) in [5.41, 5.74) is 4.11. The van der Waals surface area contributed by atoms with E-state index in [1.165, 1.54) is 55.5 Å². The lowest BCUT2D eigenvalue weighted by atomic mass is 9.51. The van der Waals surface area contributed by atoms with E-state index >= 15 is 0 Å². The van der Waals surface area contributed by atoms with Crippen molar-refractivity contribution in [1.82, 2.24) is 4.90 Å². The highest BCUT2D eigenvalue weighted by Crippen LogP contribution is 2.71. The van der Waals surface area contributed by atoms with Gasteiger partial charge in [0.25, 0.3) is 0 Å². The van der Waals surface area contributed by atoms with Crippen LogP contribution in [0.4, 0.5) is 0 Å². The van der Waals surface area contributed by atoms with Gasteiger partial charge >= 0.3 is 0 Å². The minimum atomic E-state index is -0.0498. The minimum Gasteiger partial charge on any atom is -0.485 e. The molecule has 4 aliphatic heterocycles. The maximum atomic E-state index is 6.93. The first-order chi connectivity index (χ1) is 15.3. The fraction of sp³-hybridized carbons (Fsp3) is 0.556. The number of nitrogens with zero attached hydrogens (tertiary/aromatic N) is 1. The first-order valence-electron chi connectivity index (χ1n) is 12.2. The number of hydrogen-bond acceptors (Lipinski definition) is 4. The summed E-state index contributed by atoms with van der Waals surface area (Å²) in [4.78, 5) is 2.80. The molecule has 0 unspecified atom stereocenters. The van der Waals surface area contributed by atoms with Crippen LogP contribution in [0.2, 0.25) is 0 Å². The van der Waals surface area contributed by atoms with E-state index in [0.29, 0.717) is 12.6 Å². The van der Waals surface area contributed by atoms with Crippen LogP contribution in [-0.4, -0.2) is 41.8 Å². The van der Waals surface area contributed by atoms with Gasteiger partial charge in [0.15, 0.2) is 11.5 Å². The van der Waals surface area contributed by atoms with Crippen LogP contribution in [0, 0.1) is 5.92 Å². The number of hydrogen-bond donors (Lipinski definition) is 0. The van der Waals surface area contributed by atoms with Crippen molar-refractivity contribution in [3.63, 3.8) is 0 Å². The molecule has 2 aliphatic carbocycles. The first kappa shape index (κ1) is 17.5. The fourth-order valence-electron chi connectivity index (χ4n) is 7.88. The topological polar surface area (TPSA) is 30.9 Å². The average Bonchev–Trinajstić information content (AvgIpc) is 3.28. The zero-order valence-electron chi connectivity index (χ0n) is 17.9. The van der Waals surface area contributed by atoms with Gasteiger partial charge in [-0.3, -0.25) is 4.90 Å². The summed E-state index contributed by atoms with van der Waals surface area (Å²) in [5.74, 6) is 2.87. The first-order valence-corrected chi connectivity index (χ1v) is 12.2. The van der Waals surface area contributed by atoms with E-state index in [1.54, 1.807) is 0 Å². The molecule has 0 N–H and O–H groups in total. The van der Waals surface area contributed by atoms with Crippen LogP contribution in [-0.2, 0) is 23.2 Å². The lowest BCUT2D eigenvalue weighted by Gasteiger charge is -2.59. The van der Waals surface area contributed by atoms with Crippen LogP contribution < -0.4 is 9.47 Å². The van der Waals surface area contributed by atoms with Crippen LogP contribution in [0.15, 0.2) is 42.5 Å². The van der Waals surface area contributed by atoms with Gasteiger partial charge in [0, 0.05) is 18.2 Å². The van der Waals surface area contributed by atoms with E-state index in [-0.39, 0.29) is 23.2 Å². The second-order valence-electron chi connectivity index (χ2n) is 10.7. The highest BCUT2D eigenvalue weighted by Gasteiger charge is 2.79. The van der Waals surface area contributed by atoms with Crippen molar-refractivity contribution in [2.75, 3.05) is 13.1 Å². The van der Waals surface area contributed by atoms with E-state index in [9.17, 15) is 0 Å². The van der Waals surface area contributed by atoms with Crippen LogP contribution in [0.25, 0.3) is 0 Å². The molecule has 0 aromatic heterocycles. The quantitative estimate of drug-likeness (QED) is 0.731. The van der Waals surface area contributed by atoms with Crippen molar-refractivity contribution in [2.45, 2.75) is 74.4 Å². The lowest BCUT2D eigenvalue weighted by Crippen LogP contribution is -2.71. The van der Waals surface area contributed by atoms with E-state index in [2.05, 4.69) is 41.3 Å². The van der Waals surface area contributed by atoms with E-state index in [4.69, 9.17) is 14.2 Å². The van der Waals surface area contributed by atoms with Crippen molar-refractivity contribution in [1.29, 1.82) is 0 Å². The largest absolute Gasteiger partial charge is 0.485 e. The van der Waals surface area contributed by atoms with E-state index in [0.717, 1.165) is 30.3 Å². The molecule has 4 bridgehead atoms. The van der Waals surface area contributed by atoms with Gasteiger partial charge in [-0.1, -0.05) is 36.4 Å². The summed E-state index contributed by atoms with van der Waals surface area (Å²) in [6.07, 6.45) is 7.84. The SMILES string of the molecule is c1ccc(COc2ccc3c4c2O[C@H]2[C@@H]5CC[C@@]6(O5)[C@@H](C3)N(CC3CC3)CC[C@]426)cc1. The molecule has 4 heteroatoms. The summed E-state index contributed by atoms with van der Waals surface area (Å²) in [5, 5.41) is 0. The molecular formula is C27H29NO3. The molecule has 4 fully saturated rings. The van der Waals surface area contributed by atoms with Gasteiger partial charge in [-0.15, -0.1) is 0 Å². The summed E-state index contributed by atoms with van der Waals surface area (Å²) in [6.45, 7) is 3.03. The Kier molecular flexibility index (Phi) is 3.30. The molecule has 1 saturated carbocycles. The van der Waals surface area contributed by atoms with Crippen LogP contribution >= 0.6 is 0 Å². The van der Waals surface area contributed by atoms with Crippen LogP contribution in [0.1, 0.15) is 48.8 Å². The van der Waals surface area contributed by atoms with Crippen molar-refractivity contribution in [2.24, 2.45) is 5.92 Å².